The number of allylic oxidation sites excluding steroid dienone is 2. The molecule has 4 aliphatic rings. The lowest BCUT2D eigenvalue weighted by molar-refractivity contribution is 0.465. The number of nitrogens with zero attached hydrogens (tertiary/aromatic N) is 4. The Bertz CT molecular complexity index is 4410. The molecule has 6 nitrogen and oxygen atoms in total. The van der Waals surface area contributed by atoms with Crippen molar-refractivity contribution < 1.29 is 9.47 Å². The molecule has 2 unspecified atom stereocenters. The van der Waals surface area contributed by atoms with Gasteiger partial charge in [-0.3, -0.25) is 0 Å². The molecular weight excluding hydrogens is 964 g/mol. The van der Waals surface area contributed by atoms with E-state index in [4.69, 9.17) is 9.47 Å². The molecule has 1 aliphatic carbocycles. The summed E-state index contributed by atoms with van der Waals surface area (Å²) < 4.78 is 16.8. The average Bonchev–Trinajstić information content (AvgIpc) is 4.04. The third-order valence-electron chi connectivity index (χ3n) is 16.4. The molecule has 0 radical (unpaired) electrons. The highest BCUT2D eigenvalue weighted by Crippen LogP contribution is 2.51. The zero-order valence-electron chi connectivity index (χ0n) is 43.0. The molecule has 12 aromatic rings. The number of ether oxygens (including phenoxy) is 2. The Balaban J connectivity index is 0.835. The van der Waals surface area contributed by atoms with Crippen LogP contribution >= 0.6 is 0 Å². The number of benzene rings is 11. The van der Waals surface area contributed by atoms with Gasteiger partial charge in [-0.2, -0.15) is 0 Å². The minimum Gasteiger partial charge on any atom is -0.458 e. The first-order chi connectivity index (χ1) is 39.2. The normalized spacial score (nSPS) is 15.1. The summed E-state index contributed by atoms with van der Waals surface area (Å²) >= 11 is 0. The van der Waals surface area contributed by atoms with E-state index >= 15 is 0 Å². The molecule has 0 bridgehead atoms. The lowest BCUT2D eigenvalue weighted by Gasteiger charge is -2.35. The van der Waals surface area contributed by atoms with Crippen LogP contribution in [0.2, 0.25) is 0 Å². The number of hydrogen-bond acceptors (Lipinski definition) is 5. The number of rotatable bonds is 9. The second-order valence-corrected chi connectivity index (χ2v) is 20.8. The van der Waals surface area contributed by atoms with Crippen molar-refractivity contribution in [1.29, 1.82) is 0 Å². The first-order valence-electron chi connectivity index (χ1n) is 27.2. The van der Waals surface area contributed by atoms with Gasteiger partial charge in [0.25, 0.3) is 6.71 Å². The summed E-state index contributed by atoms with van der Waals surface area (Å²) in [6.07, 6.45) is 9.06. The molecule has 0 N–H and O–H groups in total. The molecule has 16 rings (SSSR count). The monoisotopic (exact) mass is 1010 g/mol. The van der Waals surface area contributed by atoms with Crippen molar-refractivity contribution in [1.82, 2.24) is 4.57 Å². The van der Waals surface area contributed by atoms with E-state index in [1.54, 1.807) is 0 Å². The van der Waals surface area contributed by atoms with E-state index in [9.17, 15) is 0 Å². The summed E-state index contributed by atoms with van der Waals surface area (Å²) in [4.78, 5) is 7.20. The van der Waals surface area contributed by atoms with E-state index in [-0.39, 0.29) is 18.7 Å². The number of hydrogen-bond donors (Lipinski definition) is 0. The summed E-state index contributed by atoms with van der Waals surface area (Å²) in [5, 5.41) is 2.39. The second kappa shape index (κ2) is 18.2. The largest absolute Gasteiger partial charge is 0.458 e. The fraction of sp³-hybridized carbons (Fsp3) is 0.0278. The SMILES string of the molecule is C1=CC2c3cc(N(c4ccccc4)c4ccc5c(c4)Oc4cc(-c6ccccc6)cc6c4B5c4ccc(N(c5ccccc5)c5ccc7c(c5)c5ccccc5n7-c5ccccc5)cc4O6)ccc3N(c3ccccc3)C2C=C1. The van der Waals surface area contributed by atoms with E-state index in [1.165, 1.54) is 33.2 Å². The van der Waals surface area contributed by atoms with Gasteiger partial charge in [-0.05, 0) is 143 Å². The molecule has 11 aromatic carbocycles. The maximum atomic E-state index is 7.20. The predicted octanol–water partition coefficient (Wildman–Crippen LogP) is 16.8. The summed E-state index contributed by atoms with van der Waals surface area (Å²) in [6.45, 7) is -0.159. The molecule has 0 amide bonds. The summed E-state index contributed by atoms with van der Waals surface area (Å²) in [7, 11) is 0. The molecule has 7 heteroatoms. The van der Waals surface area contributed by atoms with Crippen molar-refractivity contribution in [3.63, 3.8) is 0 Å². The van der Waals surface area contributed by atoms with Crippen LogP contribution in [0.3, 0.4) is 0 Å². The zero-order chi connectivity index (χ0) is 52.0. The molecule has 79 heavy (non-hydrogen) atoms. The molecular formula is C72H49BN4O2. The first kappa shape index (κ1) is 45.0. The number of anilines is 8. The van der Waals surface area contributed by atoms with Gasteiger partial charge in [0.2, 0.25) is 0 Å². The molecule has 2 atom stereocenters. The molecule has 0 saturated carbocycles. The Kier molecular flexibility index (Phi) is 10.4. The Hall–Kier alpha value is -10.2. The molecule has 1 aromatic heterocycles. The van der Waals surface area contributed by atoms with Crippen LogP contribution in [0, 0.1) is 0 Å². The number of fused-ring (bicyclic) bond motifs is 10. The van der Waals surface area contributed by atoms with Crippen LogP contribution in [0.15, 0.2) is 285 Å². The quantitative estimate of drug-likeness (QED) is 0.135. The van der Waals surface area contributed by atoms with Crippen LogP contribution in [-0.2, 0) is 0 Å². The van der Waals surface area contributed by atoms with Gasteiger partial charge in [-0.1, -0.05) is 158 Å². The van der Waals surface area contributed by atoms with Crippen molar-refractivity contribution in [3.05, 3.63) is 291 Å². The number of para-hydroxylation sites is 5. The van der Waals surface area contributed by atoms with Crippen LogP contribution < -0.4 is 40.6 Å². The maximum Gasteiger partial charge on any atom is 0.260 e. The Morgan fingerprint density at radius 1 is 0.367 bits per heavy atom. The topological polar surface area (TPSA) is 33.1 Å². The highest BCUT2D eigenvalue weighted by molar-refractivity contribution is 6.98. The third kappa shape index (κ3) is 7.34. The van der Waals surface area contributed by atoms with Crippen LogP contribution in [0.5, 0.6) is 23.0 Å². The van der Waals surface area contributed by atoms with Crippen molar-refractivity contribution >= 4 is 90.4 Å². The van der Waals surface area contributed by atoms with E-state index < -0.39 is 0 Å². The average molecular weight is 1010 g/mol. The fourth-order valence-corrected chi connectivity index (χ4v) is 12.9. The molecule has 0 fully saturated rings. The smallest absolute Gasteiger partial charge is 0.260 e. The Morgan fingerprint density at radius 3 is 1.52 bits per heavy atom. The maximum absolute atomic E-state index is 7.20. The highest BCUT2D eigenvalue weighted by atomic mass is 16.5. The van der Waals surface area contributed by atoms with Gasteiger partial charge in [0.05, 0.1) is 17.1 Å². The molecule has 4 heterocycles. The lowest BCUT2D eigenvalue weighted by atomic mass is 9.35. The molecule has 3 aliphatic heterocycles. The van der Waals surface area contributed by atoms with E-state index in [1.807, 2.05) is 0 Å². The van der Waals surface area contributed by atoms with E-state index in [2.05, 4.69) is 304 Å². The van der Waals surface area contributed by atoms with Crippen molar-refractivity contribution in [2.24, 2.45) is 0 Å². The first-order valence-corrected chi connectivity index (χ1v) is 27.2. The van der Waals surface area contributed by atoms with E-state index in [0.717, 1.165) is 95.8 Å². The Labute approximate surface area is 459 Å². The summed E-state index contributed by atoms with van der Waals surface area (Å²) in [5.74, 6) is 3.42. The van der Waals surface area contributed by atoms with Gasteiger partial charge in [-0.25, -0.2) is 0 Å². The van der Waals surface area contributed by atoms with Crippen LogP contribution in [0.25, 0.3) is 38.6 Å². The Morgan fingerprint density at radius 2 is 0.873 bits per heavy atom. The summed E-state index contributed by atoms with van der Waals surface area (Å²) in [6, 6.07) is 93.9. The predicted molar refractivity (Wildman–Crippen MR) is 327 cm³/mol. The third-order valence-corrected chi connectivity index (χ3v) is 16.4. The molecule has 0 saturated heterocycles. The van der Waals surface area contributed by atoms with Crippen LogP contribution in [0.1, 0.15) is 11.5 Å². The van der Waals surface area contributed by atoms with Gasteiger partial charge >= 0.3 is 0 Å². The number of aromatic nitrogens is 1. The lowest BCUT2D eigenvalue weighted by Crippen LogP contribution is -2.57. The minimum absolute atomic E-state index is 0.159. The minimum atomic E-state index is -0.159. The highest BCUT2D eigenvalue weighted by Gasteiger charge is 2.42. The summed E-state index contributed by atoms with van der Waals surface area (Å²) in [5.41, 5.74) is 18.8. The van der Waals surface area contributed by atoms with Crippen molar-refractivity contribution in [2.45, 2.75) is 12.0 Å². The van der Waals surface area contributed by atoms with Gasteiger partial charge in [-0.15, -0.1) is 0 Å². The fourth-order valence-electron chi connectivity index (χ4n) is 12.9. The van der Waals surface area contributed by atoms with Gasteiger partial charge < -0.3 is 28.7 Å². The van der Waals surface area contributed by atoms with Crippen molar-refractivity contribution in [2.75, 3.05) is 14.7 Å². The standard InChI is InChI=1S/C72H49BN4O2/c1-6-20-48(21-7-1)49-42-70-72-71(43-49)79-69-47-57(75(51-24-10-3-11-25-51)55-37-41-67-61(45-55)59-31-17-19-33-65(59)77(67)53-28-14-5-15-29-53)35-39-63(69)73(72)62-38-34-56(46-68(62)78-70)74(50-22-8-2-9-23-50)54-36-40-66-60(44-54)58-30-16-18-32-64(58)76(66)52-26-12-4-13-27-52/h1-47,58,64H. The van der Waals surface area contributed by atoms with Gasteiger partial charge in [0, 0.05) is 85.5 Å². The van der Waals surface area contributed by atoms with Gasteiger partial charge in [0.15, 0.2) is 0 Å². The second-order valence-electron chi connectivity index (χ2n) is 20.8. The van der Waals surface area contributed by atoms with Gasteiger partial charge in [0.1, 0.15) is 23.0 Å². The zero-order valence-corrected chi connectivity index (χ0v) is 43.0. The van der Waals surface area contributed by atoms with Crippen LogP contribution in [0.4, 0.5) is 45.5 Å². The van der Waals surface area contributed by atoms with Crippen molar-refractivity contribution in [3.8, 4) is 39.8 Å². The molecule has 372 valence electrons. The molecule has 0 spiro atoms. The van der Waals surface area contributed by atoms with Crippen LogP contribution in [-0.4, -0.2) is 17.3 Å². The van der Waals surface area contributed by atoms with E-state index in [0.29, 0.717) is 0 Å².